The molecule has 2 N–H and O–H groups in total. The fourth-order valence-corrected chi connectivity index (χ4v) is 0.245. The van der Waals surface area contributed by atoms with E-state index < -0.39 is 7.82 Å². The molecule has 0 aromatic carbocycles. The molecule has 0 unspecified atom stereocenters. The second-order valence-electron chi connectivity index (χ2n) is 0.793. The van der Waals surface area contributed by atoms with Crippen LogP contribution in [-0.4, -0.2) is 17.6 Å². The molecule has 0 spiro atoms. The van der Waals surface area contributed by atoms with Crippen molar-refractivity contribution in [3.05, 3.63) is 0 Å². The molecule has 0 aliphatic heterocycles. The molecule has 0 amide bonds. The van der Waals surface area contributed by atoms with Gasteiger partial charge in [0.2, 0.25) is 0 Å². The lowest BCUT2D eigenvalue weighted by Gasteiger charge is -2.03. The lowest BCUT2D eigenvalue weighted by molar-refractivity contribution is -0.226. The summed E-state index contributed by atoms with van der Waals surface area (Å²) in [6, 6.07) is 0. The van der Waals surface area contributed by atoms with Crippen LogP contribution in [0.25, 0.3) is 0 Å². The fraction of sp³-hybridized carbons (Fsp3) is 1.00. The first kappa shape index (κ1) is 8.03. The van der Waals surface area contributed by atoms with E-state index in [4.69, 9.17) is 10.5 Å². The highest BCUT2D eigenvalue weighted by Crippen LogP contribution is 2.45. The molecule has 0 aliphatic rings. The first-order chi connectivity index (χ1) is 3.68. The zero-order chi connectivity index (χ0) is 6.62. The standard InChI is InChI=1S/CH5O6P/c1-5-8(4,6-2)7-3/h2-3H,1H3. The molecule has 0 atom stereocenters. The highest BCUT2D eigenvalue weighted by Gasteiger charge is 2.24. The summed E-state index contributed by atoms with van der Waals surface area (Å²) in [7, 11) is -3.11. The SMILES string of the molecule is COP(=O)(OO)OO. The average Bonchev–Trinajstić information content (AvgIpc) is 1.87. The molecular formula is CH5O6P. The Morgan fingerprint density at radius 3 is 1.75 bits per heavy atom. The Morgan fingerprint density at radius 2 is 1.75 bits per heavy atom. The smallest absolute Gasteiger partial charge is 0.287 e. The first-order valence-electron chi connectivity index (χ1n) is 1.50. The van der Waals surface area contributed by atoms with E-state index in [0.29, 0.717) is 0 Å². The van der Waals surface area contributed by atoms with Gasteiger partial charge in [0.25, 0.3) is 0 Å². The molecule has 0 saturated carbocycles. The number of rotatable bonds is 3. The van der Waals surface area contributed by atoms with Gasteiger partial charge in [-0.15, -0.1) is 9.35 Å². The van der Waals surface area contributed by atoms with Gasteiger partial charge >= 0.3 is 7.82 Å². The Morgan fingerprint density at radius 1 is 1.38 bits per heavy atom. The van der Waals surface area contributed by atoms with Crippen molar-refractivity contribution in [2.45, 2.75) is 0 Å². The van der Waals surface area contributed by atoms with Crippen LogP contribution in [0.1, 0.15) is 0 Å². The summed E-state index contributed by atoms with van der Waals surface area (Å²) < 4.78 is 20.2. The van der Waals surface area contributed by atoms with Crippen LogP contribution < -0.4 is 0 Å². The monoisotopic (exact) mass is 144 g/mol. The molecule has 0 aromatic rings. The average molecular weight is 144 g/mol. The van der Waals surface area contributed by atoms with Crippen LogP contribution in [0.3, 0.4) is 0 Å². The van der Waals surface area contributed by atoms with E-state index in [1.807, 2.05) is 0 Å². The summed E-state index contributed by atoms with van der Waals surface area (Å²) in [4.78, 5) is 0. The fourth-order valence-electron chi connectivity index (χ4n) is 0.0816. The predicted octanol–water partition coefficient (Wildman–Crippen LogP) is 0.720. The maximum atomic E-state index is 10.2. The zero-order valence-electron chi connectivity index (χ0n) is 3.97. The van der Waals surface area contributed by atoms with E-state index in [1.54, 1.807) is 0 Å². The van der Waals surface area contributed by atoms with Crippen LogP contribution in [0.15, 0.2) is 0 Å². The van der Waals surface area contributed by atoms with Gasteiger partial charge in [0, 0.05) is 7.11 Å². The maximum Gasteiger partial charge on any atom is 0.528 e. The van der Waals surface area contributed by atoms with Crippen LogP contribution in [0.5, 0.6) is 0 Å². The highest BCUT2D eigenvalue weighted by atomic mass is 31.2. The van der Waals surface area contributed by atoms with Gasteiger partial charge < -0.3 is 0 Å². The summed E-state index contributed by atoms with van der Waals surface area (Å²) in [5.41, 5.74) is 0. The summed E-state index contributed by atoms with van der Waals surface area (Å²) in [6.07, 6.45) is 0. The number of hydrogen-bond acceptors (Lipinski definition) is 6. The number of hydrogen-bond donors (Lipinski definition) is 2. The van der Waals surface area contributed by atoms with E-state index in [-0.39, 0.29) is 0 Å². The Balaban J connectivity index is 3.79. The molecule has 0 fully saturated rings. The minimum absolute atomic E-state index is 0.938. The Hall–Kier alpha value is 0.0300. The zero-order valence-corrected chi connectivity index (χ0v) is 4.87. The van der Waals surface area contributed by atoms with Crippen LogP contribution in [0, 0.1) is 0 Å². The maximum absolute atomic E-state index is 10.2. The van der Waals surface area contributed by atoms with Gasteiger partial charge in [-0.05, 0) is 0 Å². The number of phosphoric acid groups is 1. The molecule has 6 nitrogen and oxygen atoms in total. The highest BCUT2D eigenvalue weighted by molar-refractivity contribution is 7.48. The molecule has 7 heteroatoms. The Labute approximate surface area is 45.1 Å². The topological polar surface area (TPSA) is 85.2 Å². The van der Waals surface area contributed by atoms with E-state index in [1.165, 1.54) is 0 Å². The minimum Gasteiger partial charge on any atom is -0.287 e. The van der Waals surface area contributed by atoms with Crippen molar-refractivity contribution in [2.24, 2.45) is 0 Å². The van der Waals surface area contributed by atoms with Crippen molar-refractivity contribution in [2.75, 3.05) is 7.11 Å². The molecule has 0 rings (SSSR count). The van der Waals surface area contributed by atoms with Crippen molar-refractivity contribution in [1.82, 2.24) is 0 Å². The van der Waals surface area contributed by atoms with E-state index in [2.05, 4.69) is 13.9 Å². The van der Waals surface area contributed by atoms with Gasteiger partial charge in [-0.25, -0.2) is 15.1 Å². The predicted molar refractivity (Wildman–Crippen MR) is 22.0 cm³/mol. The van der Waals surface area contributed by atoms with Crippen molar-refractivity contribution in [3.8, 4) is 0 Å². The summed E-state index contributed by atoms with van der Waals surface area (Å²) in [5.74, 6) is 0. The van der Waals surface area contributed by atoms with Crippen LogP contribution >= 0.6 is 7.82 Å². The first-order valence-corrected chi connectivity index (χ1v) is 2.96. The van der Waals surface area contributed by atoms with E-state index in [0.717, 1.165) is 7.11 Å². The quantitative estimate of drug-likeness (QED) is 0.344. The molecule has 0 aromatic heterocycles. The third-order valence-corrected chi connectivity index (χ3v) is 1.27. The lowest BCUT2D eigenvalue weighted by Crippen LogP contribution is -1.89. The van der Waals surface area contributed by atoms with E-state index >= 15 is 0 Å². The van der Waals surface area contributed by atoms with E-state index in [9.17, 15) is 4.57 Å². The van der Waals surface area contributed by atoms with Crippen LogP contribution in [-0.2, 0) is 18.4 Å². The van der Waals surface area contributed by atoms with Gasteiger partial charge in [0.1, 0.15) is 0 Å². The van der Waals surface area contributed by atoms with Crippen molar-refractivity contribution >= 4 is 7.82 Å². The second kappa shape index (κ2) is 3.13. The molecule has 8 heavy (non-hydrogen) atoms. The van der Waals surface area contributed by atoms with Gasteiger partial charge in [0.05, 0.1) is 0 Å². The third kappa shape index (κ3) is 1.87. The molecule has 0 aliphatic carbocycles. The van der Waals surface area contributed by atoms with Crippen molar-refractivity contribution < 1.29 is 29.0 Å². The third-order valence-electron chi connectivity index (χ3n) is 0.424. The summed E-state index contributed by atoms with van der Waals surface area (Å²) in [6.45, 7) is 0. The Bertz CT molecular complexity index is 79.7. The van der Waals surface area contributed by atoms with Crippen LogP contribution in [0.2, 0.25) is 0 Å². The second-order valence-corrected chi connectivity index (χ2v) is 2.38. The largest absolute Gasteiger partial charge is 0.528 e. The normalized spacial score (nSPS) is 11.9. The summed E-state index contributed by atoms with van der Waals surface area (Å²) in [5, 5.41) is 15.2. The van der Waals surface area contributed by atoms with Gasteiger partial charge in [-0.1, -0.05) is 0 Å². The lowest BCUT2D eigenvalue weighted by atomic mass is 11.8. The molecule has 0 heterocycles. The van der Waals surface area contributed by atoms with Crippen molar-refractivity contribution in [1.29, 1.82) is 0 Å². The van der Waals surface area contributed by atoms with Crippen LogP contribution in [0.4, 0.5) is 0 Å². The summed E-state index contributed by atoms with van der Waals surface area (Å²) >= 11 is 0. The van der Waals surface area contributed by atoms with Crippen molar-refractivity contribution in [3.63, 3.8) is 0 Å². The minimum atomic E-state index is -4.05. The molecular weight excluding hydrogens is 139 g/mol. The Kier molecular flexibility index (Phi) is 3.15. The molecule has 0 radical (unpaired) electrons. The van der Waals surface area contributed by atoms with Gasteiger partial charge in [0.15, 0.2) is 0 Å². The van der Waals surface area contributed by atoms with Gasteiger partial charge in [-0.2, -0.15) is 0 Å². The molecule has 0 saturated heterocycles. The van der Waals surface area contributed by atoms with Gasteiger partial charge in [-0.3, -0.25) is 4.52 Å². The molecule has 50 valence electrons. The molecule has 0 bridgehead atoms.